The van der Waals surface area contributed by atoms with E-state index in [0.29, 0.717) is 19.0 Å². The lowest BCUT2D eigenvalue weighted by atomic mass is 10.2. The summed E-state index contributed by atoms with van der Waals surface area (Å²) < 4.78 is 13.1. The van der Waals surface area contributed by atoms with E-state index < -0.39 is 0 Å². The summed E-state index contributed by atoms with van der Waals surface area (Å²) in [4.78, 5) is 4.19. The first-order chi connectivity index (χ1) is 10.8. The number of rotatable bonds is 6. The number of aromatic nitrogens is 3. The van der Waals surface area contributed by atoms with Crippen molar-refractivity contribution in [1.29, 1.82) is 0 Å². The van der Waals surface area contributed by atoms with Gasteiger partial charge in [-0.3, -0.25) is 4.68 Å². The molecule has 118 valence electrons. The van der Waals surface area contributed by atoms with Gasteiger partial charge in [-0.25, -0.2) is 10.8 Å². The maximum Gasteiger partial charge on any atom is 0.157 e. The van der Waals surface area contributed by atoms with Gasteiger partial charge in [-0.2, -0.15) is 5.10 Å². The summed E-state index contributed by atoms with van der Waals surface area (Å²) in [6.45, 7) is 2.10. The molecule has 0 amide bonds. The molecule has 7 nitrogen and oxygen atoms in total. The van der Waals surface area contributed by atoms with Gasteiger partial charge in [0.15, 0.2) is 6.29 Å². The number of hydrazine groups is 1. The van der Waals surface area contributed by atoms with E-state index in [9.17, 15) is 0 Å². The highest BCUT2D eigenvalue weighted by Gasteiger charge is 2.13. The van der Waals surface area contributed by atoms with Crippen LogP contribution in [0.2, 0.25) is 0 Å². The van der Waals surface area contributed by atoms with Crippen LogP contribution in [0.25, 0.3) is 11.1 Å². The van der Waals surface area contributed by atoms with Gasteiger partial charge < -0.3 is 14.9 Å². The molecule has 0 saturated carbocycles. The molecule has 1 aliphatic heterocycles. The molecule has 2 aromatic heterocycles. The quantitative estimate of drug-likeness (QED) is 0.625. The van der Waals surface area contributed by atoms with Crippen molar-refractivity contribution in [2.45, 2.75) is 32.1 Å². The van der Waals surface area contributed by atoms with Gasteiger partial charge in [0, 0.05) is 30.1 Å². The van der Waals surface area contributed by atoms with E-state index in [4.69, 9.17) is 15.3 Å². The predicted molar refractivity (Wildman–Crippen MR) is 82.8 cm³/mol. The molecule has 1 saturated heterocycles. The highest BCUT2D eigenvalue weighted by atomic mass is 16.7. The van der Waals surface area contributed by atoms with Crippen molar-refractivity contribution in [3.63, 3.8) is 0 Å². The first kappa shape index (κ1) is 15.0. The number of hydrogen-bond donors (Lipinski definition) is 2. The maximum absolute atomic E-state index is 5.71. The summed E-state index contributed by atoms with van der Waals surface area (Å²) in [6, 6.07) is 3.78. The molecular weight excluding hydrogens is 282 g/mol. The second-order valence-corrected chi connectivity index (χ2v) is 5.24. The number of hydrogen-bond acceptors (Lipinski definition) is 6. The van der Waals surface area contributed by atoms with Crippen LogP contribution in [0.4, 0.5) is 5.82 Å². The molecule has 0 spiro atoms. The van der Waals surface area contributed by atoms with Crippen molar-refractivity contribution in [3.05, 3.63) is 30.7 Å². The second-order valence-electron chi connectivity index (χ2n) is 5.24. The van der Waals surface area contributed by atoms with Crippen LogP contribution in [0.3, 0.4) is 0 Å². The molecule has 0 radical (unpaired) electrons. The third kappa shape index (κ3) is 3.82. The molecule has 2 aromatic rings. The first-order valence-corrected chi connectivity index (χ1v) is 7.54. The molecule has 22 heavy (non-hydrogen) atoms. The summed E-state index contributed by atoms with van der Waals surface area (Å²) in [7, 11) is 0. The van der Waals surface area contributed by atoms with Crippen LogP contribution < -0.4 is 11.3 Å². The van der Waals surface area contributed by atoms with Crippen molar-refractivity contribution in [2.75, 3.05) is 18.6 Å². The summed E-state index contributed by atoms with van der Waals surface area (Å²) >= 11 is 0. The van der Waals surface area contributed by atoms with E-state index in [-0.39, 0.29) is 6.29 Å². The molecule has 1 fully saturated rings. The third-order valence-electron chi connectivity index (χ3n) is 3.64. The minimum absolute atomic E-state index is 0.0516. The van der Waals surface area contributed by atoms with E-state index in [0.717, 1.165) is 30.6 Å². The van der Waals surface area contributed by atoms with Crippen LogP contribution in [-0.4, -0.2) is 34.3 Å². The van der Waals surface area contributed by atoms with E-state index in [1.807, 2.05) is 29.2 Å². The largest absolute Gasteiger partial charge is 0.353 e. The Hall–Kier alpha value is -1.96. The van der Waals surface area contributed by atoms with E-state index >= 15 is 0 Å². The zero-order valence-corrected chi connectivity index (χ0v) is 12.4. The number of ether oxygens (including phenoxy) is 2. The summed E-state index contributed by atoms with van der Waals surface area (Å²) in [5, 5.41) is 4.35. The fourth-order valence-corrected chi connectivity index (χ4v) is 2.41. The lowest BCUT2D eigenvalue weighted by Gasteiger charge is -2.22. The Bertz CT molecular complexity index is 578. The predicted octanol–water partition coefficient (Wildman–Crippen LogP) is 1.77. The molecule has 3 heterocycles. The lowest BCUT2D eigenvalue weighted by Crippen LogP contribution is -2.24. The Morgan fingerprint density at radius 3 is 3.00 bits per heavy atom. The van der Waals surface area contributed by atoms with Crippen LogP contribution in [-0.2, 0) is 16.0 Å². The molecule has 0 bridgehead atoms. The molecule has 0 aromatic carbocycles. The Morgan fingerprint density at radius 2 is 2.27 bits per heavy atom. The number of anilines is 1. The van der Waals surface area contributed by atoms with Crippen LogP contribution in [0.5, 0.6) is 0 Å². The first-order valence-electron chi connectivity index (χ1n) is 7.54. The number of nitrogens with one attached hydrogen (secondary N) is 1. The summed E-state index contributed by atoms with van der Waals surface area (Å²) in [5.41, 5.74) is 4.53. The Kier molecular flexibility index (Phi) is 4.99. The van der Waals surface area contributed by atoms with Gasteiger partial charge >= 0.3 is 0 Å². The molecule has 3 rings (SSSR count). The molecule has 1 unspecified atom stereocenters. The molecule has 1 aliphatic rings. The van der Waals surface area contributed by atoms with Crippen LogP contribution >= 0.6 is 0 Å². The van der Waals surface area contributed by atoms with Gasteiger partial charge in [-0.05, 0) is 31.4 Å². The summed E-state index contributed by atoms with van der Waals surface area (Å²) in [6.07, 6.45) is 8.82. The molecular formula is C15H21N5O2. The number of pyridine rings is 1. The molecule has 7 heteroatoms. The molecule has 3 N–H and O–H groups in total. The highest BCUT2D eigenvalue weighted by molar-refractivity contribution is 5.61. The normalized spacial score (nSPS) is 18.3. The smallest absolute Gasteiger partial charge is 0.157 e. The van der Waals surface area contributed by atoms with Gasteiger partial charge in [0.2, 0.25) is 0 Å². The SMILES string of the molecule is NNc1ccc(-c2cnn(CCOC3CCCCO3)c2)cn1. The van der Waals surface area contributed by atoms with Crippen LogP contribution in [0.15, 0.2) is 30.7 Å². The van der Waals surface area contributed by atoms with E-state index in [1.54, 1.807) is 6.20 Å². The number of nitrogens with two attached hydrogens (primary N) is 1. The fraction of sp³-hybridized carbons (Fsp3) is 0.467. The molecule has 0 aliphatic carbocycles. The fourth-order valence-electron chi connectivity index (χ4n) is 2.41. The van der Waals surface area contributed by atoms with Gasteiger partial charge in [0.1, 0.15) is 5.82 Å². The van der Waals surface area contributed by atoms with Crippen LogP contribution in [0.1, 0.15) is 19.3 Å². The Morgan fingerprint density at radius 1 is 1.32 bits per heavy atom. The van der Waals surface area contributed by atoms with E-state index in [2.05, 4.69) is 15.5 Å². The average molecular weight is 303 g/mol. The Labute approximate surface area is 129 Å². The zero-order chi connectivity index (χ0) is 15.2. The highest BCUT2D eigenvalue weighted by Crippen LogP contribution is 2.18. The van der Waals surface area contributed by atoms with Crippen molar-refractivity contribution in [1.82, 2.24) is 14.8 Å². The van der Waals surface area contributed by atoms with Crippen molar-refractivity contribution < 1.29 is 9.47 Å². The molecule has 1 atom stereocenters. The van der Waals surface area contributed by atoms with E-state index in [1.165, 1.54) is 6.42 Å². The third-order valence-corrected chi connectivity index (χ3v) is 3.64. The monoisotopic (exact) mass is 303 g/mol. The minimum atomic E-state index is -0.0516. The Balaban J connectivity index is 1.51. The van der Waals surface area contributed by atoms with Crippen molar-refractivity contribution in [3.8, 4) is 11.1 Å². The van der Waals surface area contributed by atoms with Gasteiger partial charge in [-0.15, -0.1) is 0 Å². The summed E-state index contributed by atoms with van der Waals surface area (Å²) in [5.74, 6) is 5.94. The van der Waals surface area contributed by atoms with Gasteiger partial charge in [-0.1, -0.05) is 0 Å². The van der Waals surface area contributed by atoms with Crippen LogP contribution in [0, 0.1) is 0 Å². The average Bonchev–Trinajstić information content (AvgIpc) is 3.05. The zero-order valence-electron chi connectivity index (χ0n) is 12.4. The van der Waals surface area contributed by atoms with Crippen molar-refractivity contribution in [2.24, 2.45) is 5.84 Å². The minimum Gasteiger partial charge on any atom is -0.353 e. The lowest BCUT2D eigenvalue weighted by molar-refractivity contribution is -0.163. The number of nitrogens with zero attached hydrogens (tertiary/aromatic N) is 3. The maximum atomic E-state index is 5.71. The van der Waals surface area contributed by atoms with Crippen molar-refractivity contribution >= 4 is 5.82 Å². The number of nitrogen functional groups attached to an aromatic ring is 1. The standard InChI is InChI=1S/C15H21N5O2/c16-19-14-5-4-12(9-17-14)13-10-18-20(11-13)6-8-22-15-3-1-2-7-21-15/h4-5,9-11,15H,1-3,6-8,16H2,(H,17,19). The topological polar surface area (TPSA) is 87.2 Å². The van der Waals surface area contributed by atoms with Gasteiger partial charge in [0.25, 0.3) is 0 Å². The van der Waals surface area contributed by atoms with Gasteiger partial charge in [0.05, 0.1) is 19.3 Å². The second kappa shape index (κ2) is 7.35.